The van der Waals surface area contributed by atoms with Crippen LogP contribution in [0.25, 0.3) is 16.6 Å². The van der Waals surface area contributed by atoms with Crippen molar-refractivity contribution >= 4 is 28.7 Å². The lowest BCUT2D eigenvalue weighted by molar-refractivity contribution is -0.137. The normalized spacial score (nSPS) is 17.7. The fraction of sp³-hybridized carbons (Fsp3) is 0.345. The van der Waals surface area contributed by atoms with Gasteiger partial charge in [-0.2, -0.15) is 18.3 Å². The Morgan fingerprint density at radius 3 is 2.47 bits per heavy atom. The third-order valence-corrected chi connectivity index (χ3v) is 7.09. The predicted octanol–water partition coefficient (Wildman–Crippen LogP) is 5.54. The van der Waals surface area contributed by atoms with E-state index < -0.39 is 29.3 Å². The van der Waals surface area contributed by atoms with E-state index in [1.165, 1.54) is 6.33 Å². The molecule has 0 radical (unpaired) electrons. The molecule has 2 amide bonds. The smallest absolute Gasteiger partial charge is 0.382 e. The molecule has 1 fully saturated rings. The zero-order valence-electron chi connectivity index (χ0n) is 23.7. The second-order valence-corrected chi connectivity index (χ2v) is 10.4. The Hall–Kier alpha value is -4.27. The molecule has 4 N–H and O–H groups in total. The molecule has 2 aromatic heterocycles. The number of morpholine rings is 1. The lowest BCUT2D eigenvalue weighted by Gasteiger charge is -2.35. The SMILES string of the molecule is COCc1c(-c2ccc(NC(=O)Nc3cc(C(F)(F)F)ccc3F)cc2)c2c(N)ncnn2c1CN1CC(C)OC(C)C1. The van der Waals surface area contributed by atoms with Crippen LogP contribution in [0.2, 0.25) is 0 Å². The van der Waals surface area contributed by atoms with Crippen LogP contribution in [0, 0.1) is 5.82 Å². The number of nitrogen functional groups attached to an aromatic ring is 1. The topological polar surface area (TPSA) is 119 Å². The van der Waals surface area contributed by atoms with Crippen molar-refractivity contribution in [2.24, 2.45) is 0 Å². The van der Waals surface area contributed by atoms with Gasteiger partial charge < -0.3 is 25.8 Å². The highest BCUT2D eigenvalue weighted by Gasteiger charge is 2.31. The van der Waals surface area contributed by atoms with Crippen LogP contribution in [-0.4, -0.2) is 57.9 Å². The first-order chi connectivity index (χ1) is 20.4. The Bertz CT molecular complexity index is 1620. The zero-order valence-corrected chi connectivity index (χ0v) is 23.7. The molecule has 0 saturated carbocycles. The van der Waals surface area contributed by atoms with Gasteiger partial charge in [-0.05, 0) is 49.7 Å². The number of nitrogens with zero attached hydrogens (tertiary/aromatic N) is 4. The zero-order chi connectivity index (χ0) is 30.9. The molecule has 1 saturated heterocycles. The number of fused-ring (bicyclic) bond motifs is 1. The summed E-state index contributed by atoms with van der Waals surface area (Å²) in [4.78, 5) is 19.0. The Morgan fingerprint density at radius 2 is 1.81 bits per heavy atom. The second-order valence-electron chi connectivity index (χ2n) is 10.4. The van der Waals surface area contributed by atoms with E-state index in [1.54, 1.807) is 35.9 Å². The standard InChI is InChI=1S/C29H31F4N7O3/c1-16-11-39(12-17(2)43-16)13-24-21(14-42-3)25(26-27(34)35-15-36-40(24)26)18-4-7-20(8-5-18)37-28(41)38-23-10-19(29(31,32)33)6-9-22(23)30/h4-10,15-17H,11-14H2,1-3H3,(H2,34,35,36)(H2,37,38,41). The fourth-order valence-electron chi connectivity index (χ4n) is 5.42. The number of halogens is 4. The maximum absolute atomic E-state index is 14.1. The van der Waals surface area contributed by atoms with Gasteiger partial charge in [-0.3, -0.25) is 4.90 Å². The van der Waals surface area contributed by atoms with Gasteiger partial charge in [-0.1, -0.05) is 12.1 Å². The number of urea groups is 1. The molecule has 3 heterocycles. The number of ether oxygens (including phenoxy) is 2. The number of hydrogen-bond donors (Lipinski definition) is 3. The number of nitrogens with one attached hydrogen (secondary N) is 2. The highest BCUT2D eigenvalue weighted by Crippen LogP contribution is 2.37. The van der Waals surface area contributed by atoms with Gasteiger partial charge in [-0.15, -0.1) is 0 Å². The third kappa shape index (κ3) is 6.55. The molecule has 0 spiro atoms. The number of carbonyl (C=O) groups is 1. The van der Waals surface area contributed by atoms with Crippen LogP contribution in [0.5, 0.6) is 0 Å². The van der Waals surface area contributed by atoms with Gasteiger partial charge in [0, 0.05) is 43.6 Å². The Balaban J connectivity index is 1.43. The summed E-state index contributed by atoms with van der Waals surface area (Å²) < 4.78 is 66.4. The van der Waals surface area contributed by atoms with Crippen molar-refractivity contribution in [2.45, 2.75) is 45.4 Å². The van der Waals surface area contributed by atoms with Crippen LogP contribution in [0.15, 0.2) is 48.8 Å². The van der Waals surface area contributed by atoms with Gasteiger partial charge in [0.25, 0.3) is 0 Å². The molecular weight excluding hydrogens is 570 g/mol. The average Bonchev–Trinajstić information content (AvgIpc) is 3.23. The first kappa shape index (κ1) is 30.2. The first-order valence-electron chi connectivity index (χ1n) is 13.5. The van der Waals surface area contributed by atoms with Gasteiger partial charge in [0.15, 0.2) is 5.82 Å². The van der Waals surface area contributed by atoms with Gasteiger partial charge in [0.2, 0.25) is 0 Å². The second kappa shape index (κ2) is 12.1. The summed E-state index contributed by atoms with van der Waals surface area (Å²) in [7, 11) is 1.60. The Kier molecular flexibility index (Phi) is 8.53. The summed E-state index contributed by atoms with van der Waals surface area (Å²) >= 11 is 0. The van der Waals surface area contributed by atoms with Crippen LogP contribution < -0.4 is 16.4 Å². The molecule has 2 aromatic carbocycles. The Morgan fingerprint density at radius 1 is 1.12 bits per heavy atom. The molecule has 228 valence electrons. The van der Waals surface area contributed by atoms with Crippen LogP contribution in [0.3, 0.4) is 0 Å². The molecule has 5 rings (SSSR count). The maximum atomic E-state index is 14.1. The van der Waals surface area contributed by atoms with E-state index in [-0.39, 0.29) is 24.6 Å². The van der Waals surface area contributed by atoms with Crippen LogP contribution >= 0.6 is 0 Å². The van der Waals surface area contributed by atoms with Crippen molar-refractivity contribution in [3.8, 4) is 11.1 Å². The minimum Gasteiger partial charge on any atom is -0.382 e. The first-order valence-corrected chi connectivity index (χ1v) is 13.5. The number of rotatable bonds is 7. The molecule has 2 unspecified atom stereocenters. The predicted molar refractivity (Wildman–Crippen MR) is 153 cm³/mol. The maximum Gasteiger partial charge on any atom is 0.416 e. The molecule has 0 aliphatic carbocycles. The van der Waals surface area contributed by atoms with E-state index in [2.05, 4.69) is 25.6 Å². The number of carbonyl (C=O) groups excluding carboxylic acids is 1. The number of hydrogen-bond acceptors (Lipinski definition) is 7. The van der Waals surface area contributed by atoms with Crippen molar-refractivity contribution < 1.29 is 31.8 Å². The molecule has 43 heavy (non-hydrogen) atoms. The lowest BCUT2D eigenvalue weighted by Crippen LogP contribution is -2.45. The summed E-state index contributed by atoms with van der Waals surface area (Å²) in [5.74, 6) is -0.719. The summed E-state index contributed by atoms with van der Waals surface area (Å²) in [6.07, 6.45) is -3.14. The number of methoxy groups -OCH3 is 1. The van der Waals surface area contributed by atoms with Gasteiger partial charge >= 0.3 is 12.2 Å². The molecule has 1 aliphatic rings. The molecule has 0 bridgehead atoms. The quantitative estimate of drug-likeness (QED) is 0.238. The van der Waals surface area contributed by atoms with Crippen molar-refractivity contribution in [1.82, 2.24) is 19.5 Å². The number of amides is 2. The fourth-order valence-corrected chi connectivity index (χ4v) is 5.42. The highest BCUT2D eigenvalue weighted by molar-refractivity contribution is 6.00. The third-order valence-electron chi connectivity index (χ3n) is 7.09. The van der Waals surface area contributed by atoms with E-state index in [1.807, 2.05) is 13.8 Å². The van der Waals surface area contributed by atoms with Crippen LogP contribution in [0.1, 0.15) is 30.7 Å². The van der Waals surface area contributed by atoms with E-state index in [9.17, 15) is 22.4 Å². The summed E-state index contributed by atoms with van der Waals surface area (Å²) in [6, 6.07) is 7.62. The van der Waals surface area contributed by atoms with Gasteiger partial charge in [0.1, 0.15) is 17.7 Å². The minimum absolute atomic E-state index is 0.0716. The molecule has 1 aliphatic heterocycles. The van der Waals surface area contributed by atoms with Crippen LogP contribution in [-0.2, 0) is 28.8 Å². The molecular formula is C29H31F4N7O3. The lowest BCUT2D eigenvalue weighted by atomic mass is 10.0. The summed E-state index contributed by atoms with van der Waals surface area (Å²) in [5.41, 5.74) is 8.90. The van der Waals surface area contributed by atoms with Crippen LogP contribution in [0.4, 0.5) is 39.5 Å². The summed E-state index contributed by atoms with van der Waals surface area (Å²) in [6.45, 7) is 6.40. The number of anilines is 3. The molecule has 14 heteroatoms. The van der Waals surface area contributed by atoms with Crippen molar-refractivity contribution in [3.63, 3.8) is 0 Å². The van der Waals surface area contributed by atoms with Gasteiger partial charge in [-0.25, -0.2) is 18.7 Å². The van der Waals surface area contributed by atoms with E-state index in [0.717, 1.165) is 35.5 Å². The summed E-state index contributed by atoms with van der Waals surface area (Å²) in [5, 5.41) is 9.15. The minimum atomic E-state index is -4.69. The largest absolute Gasteiger partial charge is 0.416 e. The number of aromatic nitrogens is 3. The van der Waals surface area contributed by atoms with Crippen molar-refractivity contribution in [2.75, 3.05) is 36.6 Å². The number of alkyl halides is 3. The van der Waals surface area contributed by atoms with E-state index in [0.29, 0.717) is 35.9 Å². The monoisotopic (exact) mass is 601 g/mol. The average molecular weight is 602 g/mol. The number of nitrogens with two attached hydrogens (primary N) is 1. The van der Waals surface area contributed by atoms with Crippen molar-refractivity contribution in [1.29, 1.82) is 0 Å². The van der Waals surface area contributed by atoms with E-state index in [4.69, 9.17) is 15.2 Å². The highest BCUT2D eigenvalue weighted by atomic mass is 19.4. The molecule has 10 nitrogen and oxygen atoms in total. The molecule has 4 aromatic rings. The van der Waals surface area contributed by atoms with E-state index >= 15 is 0 Å². The molecule has 2 atom stereocenters. The van der Waals surface area contributed by atoms with Crippen molar-refractivity contribution in [3.05, 3.63) is 71.4 Å². The Labute approximate surface area is 244 Å². The number of benzene rings is 2. The van der Waals surface area contributed by atoms with Gasteiger partial charge in [0.05, 0.1) is 35.8 Å².